The molecule has 1 aliphatic rings. The van der Waals surface area contributed by atoms with Crippen LogP contribution in [0.3, 0.4) is 0 Å². The number of nitrogens with zero attached hydrogens (tertiary/aromatic N) is 2. The minimum absolute atomic E-state index is 0.0482. The third-order valence-corrected chi connectivity index (χ3v) is 7.65. The third-order valence-electron chi connectivity index (χ3n) is 5.81. The molecule has 3 amide bonds. The quantitative estimate of drug-likeness (QED) is 0.537. The Morgan fingerprint density at radius 3 is 2.37 bits per heavy atom. The van der Waals surface area contributed by atoms with Crippen LogP contribution >= 0.6 is 0 Å². The van der Waals surface area contributed by atoms with Gasteiger partial charge in [-0.1, -0.05) is 44.2 Å². The minimum atomic E-state index is -3.97. The number of amides is 3. The monoisotopic (exact) mass is 503 g/mol. The normalized spacial score (nSPS) is 15.1. The second-order valence-corrected chi connectivity index (χ2v) is 10.7. The number of carbonyl (C=O) groups is 3. The van der Waals surface area contributed by atoms with Crippen LogP contribution in [-0.2, 0) is 26.2 Å². The maximum atomic E-state index is 14.3. The molecule has 1 aliphatic heterocycles. The Kier molecular flexibility index (Phi) is 8.26. The van der Waals surface area contributed by atoms with E-state index in [0.29, 0.717) is 6.54 Å². The molecule has 1 N–H and O–H groups in total. The molecule has 1 heterocycles. The number of hydrogen-bond donors (Lipinski definition) is 1. The van der Waals surface area contributed by atoms with Crippen LogP contribution in [0.25, 0.3) is 0 Å². The van der Waals surface area contributed by atoms with Gasteiger partial charge in [-0.25, -0.2) is 17.1 Å². The molecular weight excluding hydrogens is 473 g/mol. The Bertz CT molecular complexity index is 1220. The zero-order valence-corrected chi connectivity index (χ0v) is 20.8. The van der Waals surface area contributed by atoms with Crippen LogP contribution in [0, 0.1) is 11.7 Å². The van der Waals surface area contributed by atoms with Crippen LogP contribution in [0.1, 0.15) is 49.5 Å². The van der Waals surface area contributed by atoms with Crippen LogP contribution in [0.15, 0.2) is 53.4 Å². The SMILES string of the molecule is CC(C)CNC(=O)C(C)N(Cc1ccccc1F)C(=O)CCCN1C(=O)c2ccccc2S1(=O)=O. The lowest BCUT2D eigenvalue weighted by Gasteiger charge is -2.29. The molecule has 0 saturated heterocycles. The van der Waals surface area contributed by atoms with Crippen molar-refractivity contribution in [2.45, 2.75) is 51.1 Å². The molecule has 0 aliphatic carbocycles. The average molecular weight is 504 g/mol. The number of nitrogens with one attached hydrogen (secondary N) is 1. The first-order valence-corrected chi connectivity index (χ1v) is 12.9. The standard InChI is InChI=1S/C25H30FN3O5S/c1-17(2)15-27-24(31)18(3)28(16-19-9-4-6-11-21(19)26)23(30)13-8-14-29-25(32)20-10-5-7-12-22(20)35(29,33)34/h4-7,9-12,17-18H,8,13-16H2,1-3H3,(H,27,31). The van der Waals surface area contributed by atoms with Crippen LogP contribution in [-0.4, -0.2) is 54.5 Å². The van der Waals surface area contributed by atoms with E-state index in [4.69, 9.17) is 0 Å². The molecule has 1 unspecified atom stereocenters. The summed E-state index contributed by atoms with van der Waals surface area (Å²) in [6.45, 7) is 5.59. The highest BCUT2D eigenvalue weighted by Gasteiger charge is 2.40. The molecule has 0 saturated carbocycles. The zero-order chi connectivity index (χ0) is 25.8. The summed E-state index contributed by atoms with van der Waals surface area (Å²) < 4.78 is 40.5. The molecule has 188 valence electrons. The topological polar surface area (TPSA) is 104 Å². The fourth-order valence-corrected chi connectivity index (χ4v) is 5.42. The first-order valence-electron chi connectivity index (χ1n) is 11.5. The van der Waals surface area contributed by atoms with Gasteiger partial charge in [0.05, 0.1) is 5.56 Å². The summed E-state index contributed by atoms with van der Waals surface area (Å²) in [5.41, 5.74) is 0.368. The molecule has 3 rings (SSSR count). The summed E-state index contributed by atoms with van der Waals surface area (Å²) >= 11 is 0. The molecule has 0 fully saturated rings. The van der Waals surface area contributed by atoms with Crippen LogP contribution < -0.4 is 5.32 Å². The summed E-state index contributed by atoms with van der Waals surface area (Å²) in [5, 5.41) is 2.79. The van der Waals surface area contributed by atoms with Crippen molar-refractivity contribution in [3.63, 3.8) is 0 Å². The third kappa shape index (κ3) is 5.87. The van der Waals surface area contributed by atoms with Crippen molar-refractivity contribution >= 4 is 27.7 Å². The van der Waals surface area contributed by atoms with E-state index in [1.54, 1.807) is 31.2 Å². The summed E-state index contributed by atoms with van der Waals surface area (Å²) in [5.74, 6) is -1.71. The van der Waals surface area contributed by atoms with Gasteiger partial charge in [0.2, 0.25) is 11.8 Å². The number of benzene rings is 2. The molecule has 2 aromatic carbocycles. The van der Waals surface area contributed by atoms with Crippen LogP contribution in [0.4, 0.5) is 4.39 Å². The molecular formula is C25H30FN3O5S. The number of carbonyl (C=O) groups excluding carboxylic acids is 3. The van der Waals surface area contributed by atoms with Gasteiger partial charge >= 0.3 is 0 Å². The number of rotatable bonds is 10. The smallest absolute Gasteiger partial charge is 0.269 e. The van der Waals surface area contributed by atoms with Crippen molar-refractivity contribution in [1.29, 1.82) is 0 Å². The Labute approximate surface area is 205 Å². The maximum Gasteiger partial charge on any atom is 0.269 e. The predicted molar refractivity (Wildman–Crippen MR) is 128 cm³/mol. The van der Waals surface area contributed by atoms with Crippen LogP contribution in [0.2, 0.25) is 0 Å². The summed E-state index contributed by atoms with van der Waals surface area (Å²) in [6.07, 6.45) is -0.0577. The van der Waals surface area contributed by atoms with Gasteiger partial charge in [-0.2, -0.15) is 0 Å². The largest absolute Gasteiger partial charge is 0.354 e. The first kappa shape index (κ1) is 26.3. The van der Waals surface area contributed by atoms with Gasteiger partial charge in [-0.05, 0) is 37.5 Å². The van der Waals surface area contributed by atoms with Gasteiger partial charge in [0.1, 0.15) is 16.8 Å². The van der Waals surface area contributed by atoms with Crippen molar-refractivity contribution in [1.82, 2.24) is 14.5 Å². The Morgan fingerprint density at radius 1 is 1.06 bits per heavy atom. The van der Waals surface area contributed by atoms with Crippen molar-refractivity contribution in [2.24, 2.45) is 5.92 Å². The Morgan fingerprint density at radius 2 is 1.71 bits per heavy atom. The molecule has 10 heteroatoms. The Balaban J connectivity index is 1.71. The lowest BCUT2D eigenvalue weighted by atomic mass is 10.1. The highest BCUT2D eigenvalue weighted by molar-refractivity contribution is 7.90. The molecule has 0 bridgehead atoms. The molecule has 35 heavy (non-hydrogen) atoms. The fourth-order valence-electron chi connectivity index (χ4n) is 3.81. The van der Waals surface area contributed by atoms with E-state index in [0.717, 1.165) is 4.31 Å². The average Bonchev–Trinajstić information content (AvgIpc) is 3.02. The number of halogens is 1. The summed E-state index contributed by atoms with van der Waals surface area (Å²) in [6, 6.07) is 11.1. The number of fused-ring (bicyclic) bond motifs is 1. The first-order chi connectivity index (χ1) is 16.5. The van der Waals surface area contributed by atoms with E-state index >= 15 is 0 Å². The van der Waals surface area contributed by atoms with E-state index in [1.165, 1.54) is 29.2 Å². The molecule has 1 atom stereocenters. The van der Waals surface area contributed by atoms with Crippen molar-refractivity contribution in [3.05, 3.63) is 65.5 Å². The summed E-state index contributed by atoms with van der Waals surface area (Å²) in [4.78, 5) is 39.6. The molecule has 0 aromatic heterocycles. The second-order valence-electron chi connectivity index (χ2n) is 8.91. The van der Waals surface area contributed by atoms with E-state index in [1.807, 2.05) is 13.8 Å². The maximum absolute atomic E-state index is 14.3. The molecule has 0 radical (unpaired) electrons. The lowest BCUT2D eigenvalue weighted by molar-refractivity contribution is -0.140. The van der Waals surface area contributed by atoms with Gasteiger partial charge in [-0.3, -0.25) is 14.4 Å². The van der Waals surface area contributed by atoms with Crippen molar-refractivity contribution in [3.8, 4) is 0 Å². The van der Waals surface area contributed by atoms with Gasteiger partial charge < -0.3 is 10.2 Å². The predicted octanol–water partition coefficient (Wildman–Crippen LogP) is 2.94. The second kappa shape index (κ2) is 11.0. The highest BCUT2D eigenvalue weighted by atomic mass is 32.2. The highest BCUT2D eigenvalue weighted by Crippen LogP contribution is 2.30. The van der Waals surface area contributed by atoms with Gasteiger partial charge in [0.25, 0.3) is 15.9 Å². The van der Waals surface area contributed by atoms with Gasteiger partial charge in [0.15, 0.2) is 0 Å². The van der Waals surface area contributed by atoms with E-state index < -0.39 is 33.7 Å². The van der Waals surface area contributed by atoms with Crippen molar-refractivity contribution < 1.29 is 27.2 Å². The molecule has 2 aromatic rings. The van der Waals surface area contributed by atoms with E-state index in [-0.39, 0.29) is 53.8 Å². The number of hydrogen-bond acceptors (Lipinski definition) is 5. The lowest BCUT2D eigenvalue weighted by Crippen LogP contribution is -2.48. The minimum Gasteiger partial charge on any atom is -0.354 e. The molecule has 0 spiro atoms. The van der Waals surface area contributed by atoms with Gasteiger partial charge in [-0.15, -0.1) is 0 Å². The molecule has 8 nitrogen and oxygen atoms in total. The Hall–Kier alpha value is -3.27. The number of sulfonamides is 1. The van der Waals surface area contributed by atoms with E-state index in [9.17, 15) is 27.2 Å². The van der Waals surface area contributed by atoms with Crippen molar-refractivity contribution in [2.75, 3.05) is 13.1 Å². The van der Waals surface area contributed by atoms with Crippen LogP contribution in [0.5, 0.6) is 0 Å². The van der Waals surface area contributed by atoms with E-state index in [2.05, 4.69) is 5.32 Å². The van der Waals surface area contributed by atoms with Gasteiger partial charge in [0, 0.05) is 31.6 Å². The zero-order valence-electron chi connectivity index (χ0n) is 20.0. The summed E-state index contributed by atoms with van der Waals surface area (Å²) in [7, 11) is -3.97. The fraction of sp³-hybridized carbons (Fsp3) is 0.400.